The molecule has 0 saturated carbocycles. The van der Waals surface area contributed by atoms with Crippen molar-refractivity contribution in [2.75, 3.05) is 53.0 Å². The first kappa shape index (κ1) is 19.2. The van der Waals surface area contributed by atoms with Crippen molar-refractivity contribution in [1.29, 1.82) is 0 Å². The smallest absolute Gasteiger partial charge is 0.191 e. The summed E-state index contributed by atoms with van der Waals surface area (Å²) in [6.07, 6.45) is 3.78. The van der Waals surface area contributed by atoms with Crippen LogP contribution in [0.2, 0.25) is 0 Å². The van der Waals surface area contributed by atoms with E-state index >= 15 is 0 Å². The second kappa shape index (κ2) is 11.7. The molecule has 1 aliphatic rings. The minimum absolute atomic E-state index is 0.704. The second-order valence-corrected chi connectivity index (χ2v) is 6.59. The van der Waals surface area contributed by atoms with Crippen molar-refractivity contribution in [1.82, 2.24) is 15.5 Å². The van der Waals surface area contributed by atoms with Gasteiger partial charge in [-0.25, -0.2) is 0 Å². The lowest BCUT2D eigenvalue weighted by Gasteiger charge is -2.34. The third-order valence-corrected chi connectivity index (χ3v) is 4.04. The molecule has 2 unspecified atom stereocenters. The highest BCUT2D eigenvalue weighted by Gasteiger charge is 2.20. The molecule has 5 heteroatoms. The van der Waals surface area contributed by atoms with Gasteiger partial charge in [-0.05, 0) is 44.6 Å². The molecule has 1 heterocycles. The van der Waals surface area contributed by atoms with Gasteiger partial charge >= 0.3 is 0 Å². The Morgan fingerprint density at radius 3 is 2.55 bits per heavy atom. The van der Waals surface area contributed by atoms with Gasteiger partial charge in [0.25, 0.3) is 0 Å². The third kappa shape index (κ3) is 8.59. The number of methoxy groups -OCH3 is 1. The normalized spacial score (nSPS) is 23.5. The molecular weight excluding hydrogens is 276 g/mol. The van der Waals surface area contributed by atoms with Crippen molar-refractivity contribution in [2.24, 2.45) is 16.8 Å². The molecule has 1 aliphatic heterocycles. The summed E-state index contributed by atoms with van der Waals surface area (Å²) in [4.78, 5) is 7.25. The van der Waals surface area contributed by atoms with Crippen LogP contribution in [0, 0.1) is 11.8 Å². The molecule has 130 valence electrons. The van der Waals surface area contributed by atoms with Crippen molar-refractivity contribution in [2.45, 2.75) is 40.0 Å². The largest absolute Gasteiger partial charge is 0.383 e. The number of aliphatic imine (C=N–C) groups is 1. The van der Waals surface area contributed by atoms with Crippen molar-refractivity contribution in [3.05, 3.63) is 0 Å². The zero-order valence-corrected chi connectivity index (χ0v) is 15.0. The highest BCUT2D eigenvalue weighted by molar-refractivity contribution is 5.79. The Hall–Kier alpha value is -0.810. The molecular formula is C17H36N4O. The molecule has 2 atom stereocenters. The van der Waals surface area contributed by atoms with E-state index in [4.69, 9.17) is 4.74 Å². The number of piperidine rings is 1. The summed E-state index contributed by atoms with van der Waals surface area (Å²) in [6.45, 7) is 13.9. The lowest BCUT2D eigenvalue weighted by atomic mass is 9.92. The number of likely N-dealkylation sites (tertiary alicyclic amines) is 1. The average Bonchev–Trinajstić information content (AvgIpc) is 2.46. The summed E-state index contributed by atoms with van der Waals surface area (Å²) in [5, 5.41) is 6.54. The maximum absolute atomic E-state index is 5.05. The van der Waals surface area contributed by atoms with Gasteiger partial charge in [0.15, 0.2) is 5.96 Å². The number of hydrogen-bond donors (Lipinski definition) is 2. The molecule has 0 bridgehead atoms. The molecule has 0 aromatic rings. The number of hydrogen-bond acceptors (Lipinski definition) is 3. The van der Waals surface area contributed by atoms with Crippen LogP contribution in [-0.4, -0.2) is 63.8 Å². The van der Waals surface area contributed by atoms with E-state index < -0.39 is 0 Å². The Labute approximate surface area is 136 Å². The van der Waals surface area contributed by atoms with E-state index in [9.17, 15) is 0 Å². The van der Waals surface area contributed by atoms with E-state index in [0.717, 1.165) is 43.9 Å². The topological polar surface area (TPSA) is 48.9 Å². The lowest BCUT2D eigenvalue weighted by Crippen LogP contribution is -2.39. The summed E-state index contributed by atoms with van der Waals surface area (Å²) in [7, 11) is 1.72. The predicted octanol–water partition coefficient (Wildman–Crippen LogP) is 1.95. The monoisotopic (exact) mass is 312 g/mol. The first-order valence-corrected chi connectivity index (χ1v) is 8.89. The number of ether oxygens (including phenoxy) is 1. The van der Waals surface area contributed by atoms with Gasteiger partial charge in [-0.2, -0.15) is 0 Å². The minimum Gasteiger partial charge on any atom is -0.383 e. The fourth-order valence-electron chi connectivity index (χ4n) is 3.23. The molecule has 1 fully saturated rings. The van der Waals surface area contributed by atoms with Gasteiger partial charge in [0.1, 0.15) is 0 Å². The van der Waals surface area contributed by atoms with Gasteiger partial charge in [0.2, 0.25) is 0 Å². The van der Waals surface area contributed by atoms with Crippen LogP contribution in [-0.2, 0) is 4.74 Å². The average molecular weight is 313 g/mol. The van der Waals surface area contributed by atoms with Gasteiger partial charge in [-0.3, -0.25) is 4.99 Å². The second-order valence-electron chi connectivity index (χ2n) is 6.59. The first-order chi connectivity index (χ1) is 10.7. The number of rotatable bonds is 9. The van der Waals surface area contributed by atoms with Crippen LogP contribution in [0.4, 0.5) is 0 Å². The van der Waals surface area contributed by atoms with Crippen LogP contribution in [0.25, 0.3) is 0 Å². The van der Waals surface area contributed by atoms with Gasteiger partial charge < -0.3 is 20.3 Å². The Kier molecular flexibility index (Phi) is 10.2. The third-order valence-electron chi connectivity index (χ3n) is 4.04. The Morgan fingerprint density at radius 2 is 1.91 bits per heavy atom. The Balaban J connectivity index is 2.16. The van der Waals surface area contributed by atoms with Crippen molar-refractivity contribution < 1.29 is 4.74 Å². The number of nitrogens with one attached hydrogen (secondary N) is 2. The summed E-state index contributed by atoms with van der Waals surface area (Å²) < 4.78 is 5.05. The zero-order chi connectivity index (χ0) is 16.2. The Morgan fingerprint density at radius 1 is 1.18 bits per heavy atom. The molecule has 0 aromatic heterocycles. The molecule has 0 spiro atoms. The zero-order valence-electron chi connectivity index (χ0n) is 15.0. The lowest BCUT2D eigenvalue weighted by molar-refractivity contribution is 0.139. The van der Waals surface area contributed by atoms with Gasteiger partial charge in [-0.1, -0.05) is 13.8 Å². The highest BCUT2D eigenvalue weighted by Crippen LogP contribution is 2.20. The highest BCUT2D eigenvalue weighted by atomic mass is 16.5. The molecule has 0 radical (unpaired) electrons. The number of guanidine groups is 1. The van der Waals surface area contributed by atoms with Crippen LogP contribution in [0.5, 0.6) is 0 Å². The minimum atomic E-state index is 0.704. The quantitative estimate of drug-likeness (QED) is 0.388. The molecule has 1 rings (SSSR count). The van der Waals surface area contributed by atoms with Gasteiger partial charge in [0.05, 0.1) is 6.61 Å². The van der Waals surface area contributed by atoms with Crippen molar-refractivity contribution in [3.63, 3.8) is 0 Å². The molecule has 22 heavy (non-hydrogen) atoms. The van der Waals surface area contributed by atoms with Gasteiger partial charge in [0, 0.05) is 39.8 Å². The molecule has 1 saturated heterocycles. The summed E-state index contributed by atoms with van der Waals surface area (Å²) >= 11 is 0. The molecule has 0 aromatic carbocycles. The van der Waals surface area contributed by atoms with Crippen LogP contribution in [0.3, 0.4) is 0 Å². The van der Waals surface area contributed by atoms with E-state index in [2.05, 4.69) is 41.3 Å². The predicted molar refractivity (Wildman–Crippen MR) is 94.5 cm³/mol. The summed E-state index contributed by atoms with van der Waals surface area (Å²) in [6, 6.07) is 0. The summed E-state index contributed by atoms with van der Waals surface area (Å²) in [5.74, 6) is 2.61. The van der Waals surface area contributed by atoms with Crippen LogP contribution >= 0.6 is 0 Å². The maximum Gasteiger partial charge on any atom is 0.191 e. The van der Waals surface area contributed by atoms with E-state index in [-0.39, 0.29) is 0 Å². The maximum atomic E-state index is 5.05. The fraction of sp³-hybridized carbons (Fsp3) is 0.941. The molecule has 2 N–H and O–H groups in total. The van der Waals surface area contributed by atoms with Crippen LogP contribution in [0.1, 0.15) is 40.0 Å². The number of nitrogens with zero attached hydrogens (tertiary/aromatic N) is 2. The van der Waals surface area contributed by atoms with E-state index in [0.29, 0.717) is 6.61 Å². The molecule has 5 nitrogen and oxygen atoms in total. The molecule has 0 aliphatic carbocycles. The van der Waals surface area contributed by atoms with Crippen molar-refractivity contribution >= 4 is 5.96 Å². The standard InChI is InChI=1S/C17H36N4O/c1-5-18-17(20-9-11-22-4)19-8-6-7-10-21-13-15(2)12-16(3)14-21/h15-16H,5-14H2,1-4H3,(H2,18,19,20). The van der Waals surface area contributed by atoms with Crippen LogP contribution < -0.4 is 10.6 Å². The van der Waals surface area contributed by atoms with Crippen LogP contribution in [0.15, 0.2) is 4.99 Å². The van der Waals surface area contributed by atoms with E-state index in [1.807, 2.05) is 0 Å². The SMILES string of the molecule is CCNC(=NCCCCN1CC(C)CC(C)C1)NCCOC. The van der Waals surface area contributed by atoms with Gasteiger partial charge in [-0.15, -0.1) is 0 Å². The fourth-order valence-corrected chi connectivity index (χ4v) is 3.23. The summed E-state index contributed by atoms with van der Waals surface area (Å²) in [5.41, 5.74) is 0. The Bertz CT molecular complexity index is 299. The first-order valence-electron chi connectivity index (χ1n) is 8.89. The van der Waals surface area contributed by atoms with E-state index in [1.54, 1.807) is 7.11 Å². The molecule has 0 amide bonds. The van der Waals surface area contributed by atoms with E-state index in [1.165, 1.54) is 32.5 Å². The number of unbranched alkanes of at least 4 members (excludes halogenated alkanes) is 1. The van der Waals surface area contributed by atoms with Crippen molar-refractivity contribution in [3.8, 4) is 0 Å².